The molecule has 23 heavy (non-hydrogen) atoms. The van der Waals surface area contributed by atoms with Gasteiger partial charge < -0.3 is 11.5 Å². The zero-order valence-electron chi connectivity index (χ0n) is 14.1. The topological polar surface area (TPSA) is 86.9 Å². The first-order valence-electron chi connectivity index (χ1n) is 7.54. The maximum absolute atomic E-state index is 12.0. The van der Waals surface area contributed by atoms with Gasteiger partial charge in [0.15, 0.2) is 0 Å². The number of nitrogens with zero attached hydrogens (tertiary/aromatic N) is 2. The number of rotatable bonds is 5. The van der Waals surface area contributed by atoms with E-state index in [9.17, 15) is 4.79 Å². The number of thioether (sulfide) groups is 1. The molecule has 0 atom stereocenters. The van der Waals surface area contributed by atoms with Crippen LogP contribution < -0.4 is 17.2 Å². The predicted molar refractivity (Wildman–Crippen MR) is 96.9 cm³/mol. The first-order chi connectivity index (χ1) is 10.7. The number of anilines is 1. The molecular weight excluding hydrogens is 308 g/mol. The Bertz CT molecular complexity index is 768. The molecule has 0 radical (unpaired) electrons. The van der Waals surface area contributed by atoms with Crippen LogP contribution in [0.2, 0.25) is 0 Å². The Balaban J connectivity index is 2.46. The zero-order valence-corrected chi connectivity index (χ0v) is 14.9. The third kappa shape index (κ3) is 4.36. The summed E-state index contributed by atoms with van der Waals surface area (Å²) >= 11 is 1.75. The van der Waals surface area contributed by atoms with Gasteiger partial charge in [-0.3, -0.25) is 4.57 Å². The second kappa shape index (κ2) is 6.76. The maximum Gasteiger partial charge on any atom is 0.349 e. The molecular formula is C17H24N4OS. The number of nitrogen functional groups attached to an aromatic ring is 1. The van der Waals surface area contributed by atoms with Crippen LogP contribution >= 0.6 is 11.8 Å². The smallest absolute Gasteiger partial charge is 0.349 e. The lowest BCUT2D eigenvalue weighted by Crippen LogP contribution is -2.27. The van der Waals surface area contributed by atoms with Crippen molar-refractivity contribution in [3.8, 4) is 0 Å². The zero-order chi connectivity index (χ0) is 17.2. The predicted octanol–water partition coefficient (Wildman–Crippen LogP) is 2.32. The second-order valence-corrected chi connectivity index (χ2v) is 8.12. The van der Waals surface area contributed by atoms with E-state index >= 15 is 0 Å². The molecule has 4 N–H and O–H groups in total. The van der Waals surface area contributed by atoms with E-state index in [1.807, 2.05) is 0 Å². The third-order valence-corrected chi connectivity index (χ3v) is 5.11. The summed E-state index contributed by atoms with van der Waals surface area (Å²) in [4.78, 5) is 17.0. The Labute approximate surface area is 141 Å². The summed E-state index contributed by atoms with van der Waals surface area (Å²) in [6, 6.07) is 5.91. The number of hydrogen-bond donors (Lipinski definition) is 2. The minimum Gasteiger partial charge on any atom is -0.383 e. The minimum atomic E-state index is -0.335. The van der Waals surface area contributed by atoms with Crippen LogP contribution in [-0.2, 0) is 6.54 Å². The Kier molecular flexibility index (Phi) is 5.16. The summed E-state index contributed by atoms with van der Waals surface area (Å²) in [5.74, 6) is 0.241. The molecule has 0 unspecified atom stereocenters. The van der Waals surface area contributed by atoms with E-state index in [2.05, 4.69) is 44.8 Å². The Morgan fingerprint density at radius 3 is 2.61 bits per heavy atom. The first kappa shape index (κ1) is 17.6. The summed E-state index contributed by atoms with van der Waals surface area (Å²) in [5.41, 5.74) is 14.6. The highest BCUT2D eigenvalue weighted by atomic mass is 32.2. The summed E-state index contributed by atoms with van der Waals surface area (Å²) in [7, 11) is 0. The fourth-order valence-corrected chi connectivity index (χ4v) is 3.48. The quantitative estimate of drug-likeness (QED) is 0.821. The standard InChI is InChI=1S/C17H24N4OS/c1-11-7-12(2)15(23-17(3,4)10-18)13(8-11)9-21-6-5-14(19)20-16(21)22/h5-8H,9-10,18H2,1-4H3,(H2,19,20,22). The van der Waals surface area contributed by atoms with Gasteiger partial charge in [0.25, 0.3) is 0 Å². The number of aryl methyl sites for hydroxylation is 2. The van der Waals surface area contributed by atoms with Crippen LogP contribution in [0.25, 0.3) is 0 Å². The number of benzene rings is 1. The van der Waals surface area contributed by atoms with Crippen molar-refractivity contribution in [1.82, 2.24) is 9.55 Å². The lowest BCUT2D eigenvalue weighted by Gasteiger charge is -2.25. The van der Waals surface area contributed by atoms with Gasteiger partial charge in [-0.25, -0.2) is 4.79 Å². The van der Waals surface area contributed by atoms with Crippen molar-refractivity contribution in [3.05, 3.63) is 51.6 Å². The van der Waals surface area contributed by atoms with E-state index < -0.39 is 0 Å². The van der Waals surface area contributed by atoms with Crippen LogP contribution in [-0.4, -0.2) is 20.8 Å². The molecule has 0 aliphatic rings. The molecule has 1 aromatic carbocycles. The van der Waals surface area contributed by atoms with Gasteiger partial charge in [-0.15, -0.1) is 11.8 Å². The minimum absolute atomic E-state index is 0.0703. The molecule has 1 aromatic heterocycles. The molecule has 0 spiro atoms. The molecule has 0 bridgehead atoms. The molecule has 0 fully saturated rings. The van der Waals surface area contributed by atoms with E-state index in [1.54, 1.807) is 28.6 Å². The van der Waals surface area contributed by atoms with Gasteiger partial charge in [0.2, 0.25) is 0 Å². The van der Waals surface area contributed by atoms with Crippen molar-refractivity contribution in [3.63, 3.8) is 0 Å². The van der Waals surface area contributed by atoms with Gasteiger partial charge in [-0.2, -0.15) is 4.98 Å². The van der Waals surface area contributed by atoms with Crippen molar-refractivity contribution >= 4 is 17.6 Å². The number of aromatic nitrogens is 2. The first-order valence-corrected chi connectivity index (χ1v) is 8.35. The van der Waals surface area contributed by atoms with Crippen LogP contribution in [0.4, 0.5) is 5.82 Å². The second-order valence-electron chi connectivity index (χ2n) is 6.40. The Morgan fingerprint density at radius 1 is 1.30 bits per heavy atom. The average molecular weight is 332 g/mol. The van der Waals surface area contributed by atoms with Gasteiger partial charge >= 0.3 is 5.69 Å². The summed E-state index contributed by atoms with van der Waals surface area (Å²) in [6.07, 6.45) is 1.69. The van der Waals surface area contributed by atoms with E-state index in [0.717, 1.165) is 5.56 Å². The highest BCUT2D eigenvalue weighted by Gasteiger charge is 2.21. The molecule has 0 saturated carbocycles. The lowest BCUT2D eigenvalue weighted by molar-refractivity contribution is 0.707. The molecule has 2 rings (SSSR count). The van der Waals surface area contributed by atoms with Crippen LogP contribution in [0.15, 0.2) is 34.1 Å². The largest absolute Gasteiger partial charge is 0.383 e. The van der Waals surface area contributed by atoms with E-state index in [4.69, 9.17) is 11.5 Å². The molecule has 1 heterocycles. The summed E-state index contributed by atoms with van der Waals surface area (Å²) in [6.45, 7) is 9.44. The maximum atomic E-state index is 12.0. The summed E-state index contributed by atoms with van der Waals surface area (Å²) < 4.78 is 1.50. The fraction of sp³-hybridized carbons (Fsp3) is 0.412. The number of hydrogen-bond acceptors (Lipinski definition) is 5. The molecule has 0 aliphatic heterocycles. The van der Waals surface area contributed by atoms with Crippen LogP contribution in [0, 0.1) is 13.8 Å². The SMILES string of the molecule is Cc1cc(C)c(SC(C)(C)CN)c(Cn2ccc(N)nc2=O)c1. The highest BCUT2D eigenvalue weighted by molar-refractivity contribution is 8.00. The summed E-state index contributed by atoms with van der Waals surface area (Å²) in [5, 5.41) is 0. The third-order valence-electron chi connectivity index (χ3n) is 3.60. The Morgan fingerprint density at radius 2 is 2.00 bits per heavy atom. The molecule has 2 aromatic rings. The van der Waals surface area contributed by atoms with Crippen LogP contribution in [0.1, 0.15) is 30.5 Å². The van der Waals surface area contributed by atoms with Gasteiger partial charge in [0.05, 0.1) is 6.54 Å². The highest BCUT2D eigenvalue weighted by Crippen LogP contribution is 2.37. The molecule has 0 saturated heterocycles. The average Bonchev–Trinajstić information content (AvgIpc) is 2.45. The van der Waals surface area contributed by atoms with Crippen molar-refractivity contribution in [1.29, 1.82) is 0 Å². The van der Waals surface area contributed by atoms with Gasteiger partial charge in [-0.05, 0) is 44.9 Å². The van der Waals surface area contributed by atoms with E-state index in [-0.39, 0.29) is 16.3 Å². The van der Waals surface area contributed by atoms with E-state index in [1.165, 1.54) is 16.0 Å². The molecule has 0 aliphatic carbocycles. The van der Waals surface area contributed by atoms with Crippen molar-refractivity contribution in [2.45, 2.75) is 43.9 Å². The van der Waals surface area contributed by atoms with Crippen molar-refractivity contribution in [2.24, 2.45) is 5.73 Å². The Hall–Kier alpha value is -1.79. The van der Waals surface area contributed by atoms with Crippen molar-refractivity contribution < 1.29 is 0 Å². The molecule has 124 valence electrons. The monoisotopic (exact) mass is 332 g/mol. The number of nitrogens with two attached hydrogens (primary N) is 2. The normalized spacial score (nSPS) is 11.7. The molecule has 0 amide bonds. The molecule has 5 nitrogen and oxygen atoms in total. The fourth-order valence-electron chi connectivity index (χ4n) is 2.37. The lowest BCUT2D eigenvalue weighted by atomic mass is 10.1. The van der Waals surface area contributed by atoms with E-state index in [0.29, 0.717) is 13.1 Å². The van der Waals surface area contributed by atoms with Crippen molar-refractivity contribution in [2.75, 3.05) is 12.3 Å². The van der Waals surface area contributed by atoms with Gasteiger partial charge in [-0.1, -0.05) is 17.7 Å². The van der Waals surface area contributed by atoms with Crippen LogP contribution in [0.3, 0.4) is 0 Å². The van der Waals surface area contributed by atoms with Gasteiger partial charge in [0, 0.05) is 22.4 Å². The van der Waals surface area contributed by atoms with Crippen LogP contribution in [0.5, 0.6) is 0 Å². The van der Waals surface area contributed by atoms with Gasteiger partial charge in [0.1, 0.15) is 5.82 Å². The molecule has 6 heteroatoms.